The Kier molecular flexibility index (Phi) is 3.96. The molecule has 0 saturated carbocycles. The number of benzene rings is 1. The minimum Gasteiger partial charge on any atom is -0.507 e. The Hall–Kier alpha value is -1.24. The highest BCUT2D eigenvalue weighted by Crippen LogP contribution is 2.27. The Bertz CT molecular complexity index is 351. The van der Waals surface area contributed by atoms with Gasteiger partial charge in [-0.05, 0) is 36.8 Å². The van der Waals surface area contributed by atoms with Crippen LogP contribution in [0.3, 0.4) is 0 Å². The Balaban J connectivity index is 3.13. The van der Waals surface area contributed by atoms with Gasteiger partial charge in [-0.2, -0.15) is 0 Å². The summed E-state index contributed by atoms with van der Waals surface area (Å²) in [5.74, 6) is 1.05. The van der Waals surface area contributed by atoms with Crippen molar-refractivity contribution in [3.63, 3.8) is 0 Å². The average molecular weight is 204 g/mol. The summed E-state index contributed by atoms with van der Waals surface area (Å²) in [4.78, 5) is 0. The van der Waals surface area contributed by atoms with Gasteiger partial charge in [-0.3, -0.25) is 0 Å². The molecule has 15 heavy (non-hydrogen) atoms. The van der Waals surface area contributed by atoms with Gasteiger partial charge in [0, 0.05) is 5.56 Å². The number of phenols is 1. The Morgan fingerprint density at radius 3 is 2.60 bits per heavy atom. The quantitative estimate of drug-likeness (QED) is 0.742. The molecular formula is C14H20O. The lowest BCUT2D eigenvalue weighted by Crippen LogP contribution is -2.00. The first kappa shape index (κ1) is 11.8. The molecule has 0 aliphatic heterocycles. The molecule has 0 spiro atoms. The maximum atomic E-state index is 9.97. The second kappa shape index (κ2) is 5.01. The summed E-state index contributed by atoms with van der Waals surface area (Å²) >= 11 is 0. The van der Waals surface area contributed by atoms with Crippen LogP contribution in [0.15, 0.2) is 24.8 Å². The minimum absolute atomic E-state index is 0.438. The summed E-state index contributed by atoms with van der Waals surface area (Å²) in [7, 11) is 0. The van der Waals surface area contributed by atoms with Gasteiger partial charge in [0.2, 0.25) is 0 Å². The summed E-state index contributed by atoms with van der Waals surface area (Å²) in [6.45, 7) is 10.0. The van der Waals surface area contributed by atoms with E-state index in [1.807, 2.05) is 19.1 Å². The van der Waals surface area contributed by atoms with Gasteiger partial charge in [-0.15, -0.1) is 6.58 Å². The monoisotopic (exact) mass is 204 g/mol. The molecule has 0 atom stereocenters. The van der Waals surface area contributed by atoms with E-state index in [1.165, 1.54) is 5.56 Å². The van der Waals surface area contributed by atoms with Gasteiger partial charge in [0.1, 0.15) is 5.75 Å². The van der Waals surface area contributed by atoms with E-state index in [2.05, 4.69) is 26.5 Å². The average Bonchev–Trinajstić information content (AvgIpc) is 2.17. The molecule has 0 radical (unpaired) electrons. The van der Waals surface area contributed by atoms with E-state index < -0.39 is 0 Å². The molecule has 0 saturated heterocycles. The van der Waals surface area contributed by atoms with Crippen molar-refractivity contribution in [3.05, 3.63) is 41.5 Å². The summed E-state index contributed by atoms with van der Waals surface area (Å²) in [5, 5.41) is 9.97. The van der Waals surface area contributed by atoms with Crippen LogP contribution in [0.1, 0.15) is 30.5 Å². The molecule has 1 heteroatoms. The lowest BCUT2D eigenvalue weighted by Gasteiger charge is -2.13. The van der Waals surface area contributed by atoms with Crippen molar-refractivity contribution >= 4 is 0 Å². The lowest BCUT2D eigenvalue weighted by molar-refractivity contribution is 0.463. The Labute approximate surface area is 92.5 Å². The van der Waals surface area contributed by atoms with Gasteiger partial charge >= 0.3 is 0 Å². The van der Waals surface area contributed by atoms with E-state index >= 15 is 0 Å². The van der Waals surface area contributed by atoms with Crippen molar-refractivity contribution in [1.29, 1.82) is 0 Å². The number of hydrogen-bond acceptors (Lipinski definition) is 1. The second-order valence-electron chi connectivity index (χ2n) is 4.46. The first-order chi connectivity index (χ1) is 7.06. The zero-order valence-electron chi connectivity index (χ0n) is 9.88. The highest BCUT2D eigenvalue weighted by Gasteiger charge is 2.10. The number of rotatable bonds is 4. The summed E-state index contributed by atoms with van der Waals surface area (Å²) < 4.78 is 0. The van der Waals surface area contributed by atoms with Crippen molar-refractivity contribution in [2.45, 2.75) is 33.6 Å². The molecule has 1 aromatic carbocycles. The molecule has 1 nitrogen and oxygen atoms in total. The van der Waals surface area contributed by atoms with E-state index in [1.54, 1.807) is 0 Å². The third kappa shape index (κ3) is 2.85. The summed E-state index contributed by atoms with van der Waals surface area (Å²) in [6.07, 6.45) is 3.60. The maximum Gasteiger partial charge on any atom is 0.122 e. The van der Waals surface area contributed by atoms with E-state index in [4.69, 9.17) is 0 Å². The first-order valence-corrected chi connectivity index (χ1v) is 5.47. The Morgan fingerprint density at radius 1 is 1.40 bits per heavy atom. The van der Waals surface area contributed by atoms with Gasteiger partial charge in [0.15, 0.2) is 0 Å². The summed E-state index contributed by atoms with van der Waals surface area (Å²) in [6, 6.07) is 4.10. The van der Waals surface area contributed by atoms with Crippen LogP contribution < -0.4 is 0 Å². The van der Waals surface area contributed by atoms with Crippen LogP contribution >= 0.6 is 0 Å². The van der Waals surface area contributed by atoms with Crippen LogP contribution in [-0.4, -0.2) is 5.11 Å². The predicted octanol–water partition coefficient (Wildman–Crippen LogP) is 3.63. The van der Waals surface area contributed by atoms with Gasteiger partial charge in [-0.25, -0.2) is 0 Å². The van der Waals surface area contributed by atoms with E-state index in [0.717, 1.165) is 24.0 Å². The van der Waals surface area contributed by atoms with Gasteiger partial charge in [0.25, 0.3) is 0 Å². The van der Waals surface area contributed by atoms with E-state index in [-0.39, 0.29) is 0 Å². The van der Waals surface area contributed by atoms with Crippen molar-refractivity contribution in [2.24, 2.45) is 5.92 Å². The van der Waals surface area contributed by atoms with Crippen LogP contribution in [0.5, 0.6) is 5.75 Å². The Morgan fingerprint density at radius 2 is 2.07 bits per heavy atom. The molecule has 0 fully saturated rings. The highest BCUT2D eigenvalue weighted by atomic mass is 16.3. The number of allylic oxidation sites excluding steroid dienone is 1. The van der Waals surface area contributed by atoms with Gasteiger partial charge < -0.3 is 5.11 Å². The van der Waals surface area contributed by atoms with Gasteiger partial charge in [-0.1, -0.05) is 32.1 Å². The summed E-state index contributed by atoms with van der Waals surface area (Å²) in [5.41, 5.74) is 3.23. The molecule has 1 aromatic rings. The van der Waals surface area contributed by atoms with Crippen molar-refractivity contribution in [1.82, 2.24) is 0 Å². The topological polar surface area (TPSA) is 20.2 Å². The van der Waals surface area contributed by atoms with Gasteiger partial charge in [0.05, 0.1) is 0 Å². The highest BCUT2D eigenvalue weighted by molar-refractivity contribution is 5.46. The number of phenolic OH excluding ortho intramolecular Hbond substituents is 1. The number of hydrogen-bond donors (Lipinski definition) is 1. The minimum atomic E-state index is 0.438. The molecule has 0 aromatic heterocycles. The lowest BCUT2D eigenvalue weighted by atomic mass is 9.94. The normalized spacial score (nSPS) is 10.7. The SMILES string of the molecule is C=CCc1c(CC(C)C)ccc(C)c1O. The third-order valence-electron chi connectivity index (χ3n) is 2.56. The fraction of sp³-hybridized carbons (Fsp3) is 0.429. The van der Waals surface area contributed by atoms with E-state index in [0.29, 0.717) is 11.7 Å². The molecular weight excluding hydrogens is 184 g/mol. The molecule has 0 heterocycles. The van der Waals surface area contributed by atoms with Crippen molar-refractivity contribution in [3.8, 4) is 5.75 Å². The van der Waals surface area contributed by atoms with Crippen LogP contribution in [0.25, 0.3) is 0 Å². The fourth-order valence-electron chi connectivity index (χ4n) is 1.80. The molecule has 82 valence electrons. The standard InChI is InChI=1S/C14H20O/c1-5-6-13-12(9-10(2)3)8-7-11(4)14(13)15/h5,7-8,10,15H,1,6,9H2,2-4H3. The van der Waals surface area contributed by atoms with E-state index in [9.17, 15) is 5.11 Å². The first-order valence-electron chi connectivity index (χ1n) is 5.47. The number of aromatic hydroxyl groups is 1. The van der Waals surface area contributed by atoms with Crippen LogP contribution in [-0.2, 0) is 12.8 Å². The largest absolute Gasteiger partial charge is 0.507 e. The van der Waals surface area contributed by atoms with Crippen LogP contribution in [0.2, 0.25) is 0 Å². The fourth-order valence-corrected chi connectivity index (χ4v) is 1.80. The molecule has 0 amide bonds. The molecule has 1 N–H and O–H groups in total. The van der Waals surface area contributed by atoms with Crippen LogP contribution in [0.4, 0.5) is 0 Å². The van der Waals surface area contributed by atoms with Crippen LogP contribution in [0, 0.1) is 12.8 Å². The smallest absolute Gasteiger partial charge is 0.122 e. The predicted molar refractivity (Wildman–Crippen MR) is 65.3 cm³/mol. The number of aryl methyl sites for hydroxylation is 1. The second-order valence-corrected chi connectivity index (χ2v) is 4.46. The molecule has 0 unspecified atom stereocenters. The molecule has 1 rings (SSSR count). The molecule has 0 aliphatic rings. The third-order valence-corrected chi connectivity index (χ3v) is 2.56. The zero-order chi connectivity index (χ0) is 11.4. The maximum absolute atomic E-state index is 9.97. The van der Waals surface area contributed by atoms with Crippen molar-refractivity contribution < 1.29 is 5.11 Å². The molecule has 0 aliphatic carbocycles. The molecule has 0 bridgehead atoms. The zero-order valence-corrected chi connectivity index (χ0v) is 9.88. The van der Waals surface area contributed by atoms with Crippen molar-refractivity contribution in [2.75, 3.05) is 0 Å².